The van der Waals surface area contributed by atoms with Crippen molar-refractivity contribution in [1.29, 1.82) is 0 Å². The molecular weight excluding hydrogens is 210 g/mol. The average Bonchev–Trinajstić information content (AvgIpc) is 2.64. The van der Waals surface area contributed by atoms with Crippen molar-refractivity contribution in [3.8, 4) is 11.3 Å². The SMILES string of the molecule is C=CC.Cc1cc(-c2ccn(C)n2)cc(C)n1. The normalized spacial score (nSPS) is 9.41. The standard InChI is InChI=1S/C11H13N3.C3H6/c1-8-6-10(7-9(2)12-8)11-4-5-14(3)13-11;1-3-2/h4-7H,1-3H3;3H,1H2,2H3. The number of pyridine rings is 1. The summed E-state index contributed by atoms with van der Waals surface area (Å²) >= 11 is 0. The number of allylic oxidation sites excluding steroid dienone is 1. The fraction of sp³-hybridized carbons (Fsp3) is 0.286. The molecule has 0 fully saturated rings. The first kappa shape index (κ1) is 13.2. The molecule has 0 aliphatic heterocycles. The molecule has 0 saturated heterocycles. The largest absolute Gasteiger partial charge is 0.275 e. The van der Waals surface area contributed by atoms with Gasteiger partial charge in [0.2, 0.25) is 0 Å². The lowest BCUT2D eigenvalue weighted by molar-refractivity contribution is 0.771. The smallest absolute Gasteiger partial charge is 0.0924 e. The van der Waals surface area contributed by atoms with E-state index < -0.39 is 0 Å². The fourth-order valence-electron chi connectivity index (χ4n) is 1.55. The van der Waals surface area contributed by atoms with Crippen LogP contribution in [0.15, 0.2) is 37.1 Å². The van der Waals surface area contributed by atoms with Gasteiger partial charge in [0.25, 0.3) is 0 Å². The van der Waals surface area contributed by atoms with E-state index in [0.717, 1.165) is 22.6 Å². The molecule has 17 heavy (non-hydrogen) atoms. The number of rotatable bonds is 1. The fourth-order valence-corrected chi connectivity index (χ4v) is 1.55. The van der Waals surface area contributed by atoms with Crippen molar-refractivity contribution in [2.24, 2.45) is 7.05 Å². The van der Waals surface area contributed by atoms with Crippen LogP contribution in [-0.4, -0.2) is 14.8 Å². The third-order valence-electron chi connectivity index (χ3n) is 2.09. The van der Waals surface area contributed by atoms with Gasteiger partial charge in [-0.3, -0.25) is 9.67 Å². The Hall–Kier alpha value is -1.90. The minimum atomic E-state index is 1.00. The lowest BCUT2D eigenvalue weighted by atomic mass is 10.1. The minimum Gasteiger partial charge on any atom is -0.275 e. The Morgan fingerprint density at radius 2 is 1.76 bits per heavy atom. The van der Waals surface area contributed by atoms with Crippen LogP contribution in [0.2, 0.25) is 0 Å². The molecule has 2 rings (SSSR count). The molecule has 0 unspecified atom stereocenters. The average molecular weight is 229 g/mol. The van der Waals surface area contributed by atoms with Gasteiger partial charge < -0.3 is 0 Å². The molecule has 0 N–H and O–H groups in total. The first-order chi connectivity index (χ1) is 8.06. The molecule has 0 saturated carbocycles. The highest BCUT2D eigenvalue weighted by Crippen LogP contribution is 2.17. The molecule has 0 amide bonds. The number of nitrogens with zero attached hydrogens (tertiary/aromatic N) is 3. The topological polar surface area (TPSA) is 30.7 Å². The Morgan fingerprint density at radius 1 is 1.24 bits per heavy atom. The molecule has 0 aliphatic rings. The van der Waals surface area contributed by atoms with Gasteiger partial charge in [0.1, 0.15) is 0 Å². The van der Waals surface area contributed by atoms with Crippen molar-refractivity contribution in [2.75, 3.05) is 0 Å². The summed E-state index contributed by atoms with van der Waals surface area (Å²) in [5, 5.41) is 4.35. The second kappa shape index (κ2) is 5.99. The molecule has 2 aromatic rings. The predicted octanol–water partition coefficient (Wildman–Crippen LogP) is 3.29. The maximum atomic E-state index is 4.35. The van der Waals surface area contributed by atoms with E-state index in [0.29, 0.717) is 0 Å². The number of hydrogen-bond acceptors (Lipinski definition) is 2. The van der Waals surface area contributed by atoms with Gasteiger partial charge in [0.15, 0.2) is 0 Å². The Morgan fingerprint density at radius 3 is 2.18 bits per heavy atom. The van der Waals surface area contributed by atoms with Crippen molar-refractivity contribution in [3.05, 3.63) is 48.4 Å². The Balaban J connectivity index is 0.000000437. The molecule has 2 heterocycles. The zero-order chi connectivity index (χ0) is 12.8. The van der Waals surface area contributed by atoms with E-state index in [-0.39, 0.29) is 0 Å². The molecule has 0 bridgehead atoms. The maximum Gasteiger partial charge on any atom is 0.0924 e. The number of aromatic nitrogens is 3. The van der Waals surface area contributed by atoms with E-state index in [1.807, 2.05) is 40.1 Å². The van der Waals surface area contributed by atoms with Crippen LogP contribution >= 0.6 is 0 Å². The molecule has 0 spiro atoms. The summed E-state index contributed by atoms with van der Waals surface area (Å²) in [5.41, 5.74) is 4.20. The van der Waals surface area contributed by atoms with Crippen molar-refractivity contribution in [3.63, 3.8) is 0 Å². The first-order valence-corrected chi connectivity index (χ1v) is 5.59. The van der Waals surface area contributed by atoms with E-state index in [1.54, 1.807) is 10.8 Å². The van der Waals surface area contributed by atoms with Gasteiger partial charge in [0.05, 0.1) is 5.69 Å². The molecule has 0 atom stereocenters. The highest BCUT2D eigenvalue weighted by atomic mass is 15.2. The highest BCUT2D eigenvalue weighted by molar-refractivity contribution is 5.59. The molecule has 3 heteroatoms. The first-order valence-electron chi connectivity index (χ1n) is 5.59. The molecule has 2 aromatic heterocycles. The van der Waals surface area contributed by atoms with Crippen molar-refractivity contribution in [2.45, 2.75) is 20.8 Å². The Labute approximate surface area is 103 Å². The van der Waals surface area contributed by atoms with Crippen molar-refractivity contribution >= 4 is 0 Å². The van der Waals surface area contributed by atoms with E-state index in [4.69, 9.17) is 0 Å². The monoisotopic (exact) mass is 229 g/mol. The van der Waals surface area contributed by atoms with Crippen molar-refractivity contribution in [1.82, 2.24) is 14.8 Å². The second-order valence-corrected chi connectivity index (χ2v) is 3.92. The van der Waals surface area contributed by atoms with Crippen LogP contribution < -0.4 is 0 Å². The summed E-state index contributed by atoms with van der Waals surface area (Å²) in [6.45, 7) is 9.25. The molecule has 3 nitrogen and oxygen atoms in total. The van der Waals surface area contributed by atoms with Gasteiger partial charge in [-0.1, -0.05) is 6.08 Å². The van der Waals surface area contributed by atoms with Gasteiger partial charge >= 0.3 is 0 Å². The zero-order valence-electron chi connectivity index (χ0n) is 10.9. The van der Waals surface area contributed by atoms with Crippen LogP contribution in [0.3, 0.4) is 0 Å². The minimum absolute atomic E-state index is 1.00. The van der Waals surface area contributed by atoms with Crippen LogP contribution in [0.4, 0.5) is 0 Å². The third kappa shape index (κ3) is 3.87. The molecule has 0 aliphatic carbocycles. The van der Waals surface area contributed by atoms with Crippen molar-refractivity contribution < 1.29 is 0 Å². The molecule has 0 radical (unpaired) electrons. The Bertz CT molecular complexity index is 478. The lowest BCUT2D eigenvalue weighted by Crippen LogP contribution is -1.90. The van der Waals surface area contributed by atoms with Crippen LogP contribution in [-0.2, 0) is 7.05 Å². The predicted molar refractivity (Wildman–Crippen MR) is 71.8 cm³/mol. The third-order valence-corrected chi connectivity index (χ3v) is 2.09. The molecule has 0 aromatic carbocycles. The summed E-state index contributed by atoms with van der Waals surface area (Å²) in [6.07, 6.45) is 3.69. The number of hydrogen-bond donors (Lipinski definition) is 0. The van der Waals surface area contributed by atoms with Crippen LogP contribution in [0.5, 0.6) is 0 Å². The highest BCUT2D eigenvalue weighted by Gasteiger charge is 2.02. The second-order valence-electron chi connectivity index (χ2n) is 3.92. The van der Waals surface area contributed by atoms with Crippen LogP contribution in [0, 0.1) is 13.8 Å². The summed E-state index contributed by atoms with van der Waals surface area (Å²) in [6, 6.07) is 6.11. The van der Waals surface area contributed by atoms with E-state index in [2.05, 4.69) is 28.8 Å². The van der Waals surface area contributed by atoms with E-state index >= 15 is 0 Å². The Kier molecular flexibility index (Phi) is 4.64. The number of aryl methyl sites for hydroxylation is 3. The lowest BCUT2D eigenvalue weighted by Gasteiger charge is -2.00. The van der Waals surface area contributed by atoms with Gasteiger partial charge in [0, 0.05) is 30.2 Å². The van der Waals surface area contributed by atoms with Gasteiger partial charge in [-0.25, -0.2) is 0 Å². The van der Waals surface area contributed by atoms with Crippen LogP contribution in [0.1, 0.15) is 18.3 Å². The summed E-state index contributed by atoms with van der Waals surface area (Å²) in [5.74, 6) is 0. The summed E-state index contributed by atoms with van der Waals surface area (Å²) in [4.78, 5) is 4.33. The maximum absolute atomic E-state index is 4.35. The molecule has 90 valence electrons. The summed E-state index contributed by atoms with van der Waals surface area (Å²) < 4.78 is 1.81. The summed E-state index contributed by atoms with van der Waals surface area (Å²) in [7, 11) is 1.92. The van der Waals surface area contributed by atoms with Gasteiger partial charge in [-0.2, -0.15) is 5.10 Å². The van der Waals surface area contributed by atoms with E-state index in [1.165, 1.54) is 0 Å². The zero-order valence-corrected chi connectivity index (χ0v) is 10.9. The van der Waals surface area contributed by atoms with Gasteiger partial charge in [-0.05, 0) is 39.0 Å². The van der Waals surface area contributed by atoms with Crippen LogP contribution in [0.25, 0.3) is 11.3 Å². The van der Waals surface area contributed by atoms with Gasteiger partial charge in [-0.15, -0.1) is 6.58 Å². The van der Waals surface area contributed by atoms with E-state index in [9.17, 15) is 0 Å². The quantitative estimate of drug-likeness (QED) is 0.702. The molecular formula is C14H19N3.